The molecule has 5 rings (SSSR count). The van der Waals surface area contributed by atoms with E-state index >= 15 is 0 Å². The maximum absolute atomic E-state index is 2.45. The van der Waals surface area contributed by atoms with Crippen molar-refractivity contribution in [3.8, 4) is 28.2 Å². The van der Waals surface area contributed by atoms with E-state index in [1.807, 2.05) is 0 Å². The first kappa shape index (κ1) is 19.3. The van der Waals surface area contributed by atoms with Crippen LogP contribution in [0.5, 0.6) is 0 Å². The Bertz CT molecular complexity index is 1390. The molecule has 4 aromatic carbocycles. The SMILES string of the molecule is Cc1ccccc1-c1n(-c2c(C)cccc2C)c2cc(-c3ccccc3)ccc2[n+]1C. The highest BCUT2D eigenvalue weighted by molar-refractivity contribution is 5.85. The molecule has 1 heterocycles. The molecule has 0 fully saturated rings. The Morgan fingerprint density at radius 2 is 1.26 bits per heavy atom. The molecule has 2 heteroatoms. The van der Waals surface area contributed by atoms with Crippen LogP contribution in [0.4, 0.5) is 0 Å². The van der Waals surface area contributed by atoms with E-state index in [4.69, 9.17) is 0 Å². The number of imidazole rings is 1. The average molecular weight is 404 g/mol. The van der Waals surface area contributed by atoms with Crippen LogP contribution in [0.15, 0.2) is 91.0 Å². The summed E-state index contributed by atoms with van der Waals surface area (Å²) in [6, 6.07) is 32.6. The highest BCUT2D eigenvalue weighted by Crippen LogP contribution is 2.33. The second-order valence-corrected chi connectivity index (χ2v) is 8.34. The van der Waals surface area contributed by atoms with E-state index in [-0.39, 0.29) is 0 Å². The van der Waals surface area contributed by atoms with Gasteiger partial charge in [0.15, 0.2) is 11.0 Å². The zero-order valence-corrected chi connectivity index (χ0v) is 18.6. The number of aromatic nitrogens is 2. The van der Waals surface area contributed by atoms with Crippen molar-refractivity contribution in [2.75, 3.05) is 0 Å². The molecule has 0 atom stereocenters. The number of fused-ring (bicyclic) bond motifs is 1. The highest BCUT2D eigenvalue weighted by atomic mass is 15.2. The highest BCUT2D eigenvalue weighted by Gasteiger charge is 2.29. The van der Waals surface area contributed by atoms with Crippen molar-refractivity contribution < 1.29 is 4.57 Å². The van der Waals surface area contributed by atoms with Crippen LogP contribution in [0.2, 0.25) is 0 Å². The summed E-state index contributed by atoms with van der Waals surface area (Å²) in [5, 5.41) is 0. The fraction of sp³-hybridized carbons (Fsp3) is 0.138. The summed E-state index contributed by atoms with van der Waals surface area (Å²) in [6.07, 6.45) is 0. The number of hydrogen-bond acceptors (Lipinski definition) is 0. The van der Waals surface area contributed by atoms with Crippen molar-refractivity contribution >= 4 is 11.0 Å². The minimum Gasteiger partial charge on any atom is -0.225 e. The molecular formula is C29H27N2+. The third-order valence-corrected chi connectivity index (χ3v) is 6.26. The van der Waals surface area contributed by atoms with Gasteiger partial charge in [-0.15, -0.1) is 0 Å². The molecule has 31 heavy (non-hydrogen) atoms. The maximum atomic E-state index is 2.45. The van der Waals surface area contributed by atoms with Crippen LogP contribution in [0.1, 0.15) is 16.7 Å². The van der Waals surface area contributed by atoms with Crippen molar-refractivity contribution in [1.82, 2.24) is 4.57 Å². The molecule has 152 valence electrons. The van der Waals surface area contributed by atoms with E-state index in [9.17, 15) is 0 Å². The zero-order valence-electron chi connectivity index (χ0n) is 18.6. The Hall–Kier alpha value is -3.65. The number of rotatable bonds is 3. The summed E-state index contributed by atoms with van der Waals surface area (Å²) in [7, 11) is 2.18. The number of para-hydroxylation sites is 1. The van der Waals surface area contributed by atoms with Crippen LogP contribution in [-0.4, -0.2) is 4.57 Å². The van der Waals surface area contributed by atoms with Gasteiger partial charge in [-0.3, -0.25) is 0 Å². The average Bonchev–Trinajstić information content (AvgIpc) is 3.06. The lowest BCUT2D eigenvalue weighted by Gasteiger charge is -2.11. The molecule has 5 aromatic rings. The van der Waals surface area contributed by atoms with Crippen molar-refractivity contribution in [3.63, 3.8) is 0 Å². The van der Waals surface area contributed by atoms with Gasteiger partial charge in [0, 0.05) is 0 Å². The summed E-state index contributed by atoms with van der Waals surface area (Å²) in [4.78, 5) is 0. The normalized spacial score (nSPS) is 11.2. The third kappa shape index (κ3) is 3.16. The van der Waals surface area contributed by atoms with Crippen LogP contribution in [0.25, 0.3) is 39.2 Å². The van der Waals surface area contributed by atoms with Gasteiger partial charge in [0.25, 0.3) is 5.82 Å². The zero-order chi connectivity index (χ0) is 21.5. The molecule has 0 unspecified atom stereocenters. The maximum Gasteiger partial charge on any atom is 0.295 e. The first-order chi connectivity index (χ1) is 15.1. The second kappa shape index (κ2) is 7.55. The van der Waals surface area contributed by atoms with E-state index in [1.165, 1.54) is 55.9 Å². The lowest BCUT2D eigenvalue weighted by Crippen LogP contribution is -2.30. The van der Waals surface area contributed by atoms with Crippen molar-refractivity contribution in [2.45, 2.75) is 20.8 Å². The lowest BCUT2D eigenvalue weighted by atomic mass is 10.0. The van der Waals surface area contributed by atoms with Gasteiger partial charge >= 0.3 is 0 Å². The molecule has 0 radical (unpaired) electrons. The van der Waals surface area contributed by atoms with E-state index in [1.54, 1.807) is 0 Å². The fourth-order valence-electron chi connectivity index (χ4n) is 4.68. The Labute approximate surface area is 184 Å². The molecule has 1 aromatic heterocycles. The van der Waals surface area contributed by atoms with Crippen molar-refractivity contribution in [2.24, 2.45) is 7.05 Å². The molecular weight excluding hydrogens is 376 g/mol. The molecule has 0 bridgehead atoms. The molecule has 0 aliphatic carbocycles. The molecule has 0 spiro atoms. The van der Waals surface area contributed by atoms with Gasteiger partial charge in [-0.25, -0.2) is 4.57 Å². The van der Waals surface area contributed by atoms with E-state index < -0.39 is 0 Å². The predicted octanol–water partition coefficient (Wildman–Crippen LogP) is 6.71. The Morgan fingerprint density at radius 1 is 0.613 bits per heavy atom. The summed E-state index contributed by atoms with van der Waals surface area (Å²) in [5.41, 5.74) is 11.3. The van der Waals surface area contributed by atoms with Crippen molar-refractivity contribution in [1.29, 1.82) is 0 Å². The lowest BCUT2D eigenvalue weighted by molar-refractivity contribution is -0.633. The molecule has 0 saturated carbocycles. The Balaban J connectivity index is 1.93. The van der Waals surface area contributed by atoms with Crippen LogP contribution >= 0.6 is 0 Å². The first-order valence-electron chi connectivity index (χ1n) is 10.8. The summed E-state index contributed by atoms with van der Waals surface area (Å²) >= 11 is 0. The van der Waals surface area contributed by atoms with Crippen LogP contribution in [0, 0.1) is 20.8 Å². The topological polar surface area (TPSA) is 8.81 Å². The molecule has 2 nitrogen and oxygen atoms in total. The van der Waals surface area contributed by atoms with Crippen molar-refractivity contribution in [3.05, 3.63) is 108 Å². The summed E-state index contributed by atoms with van der Waals surface area (Å²) < 4.78 is 4.78. The van der Waals surface area contributed by atoms with Gasteiger partial charge in [-0.1, -0.05) is 66.7 Å². The van der Waals surface area contributed by atoms with Gasteiger partial charge in [0.1, 0.15) is 5.69 Å². The largest absolute Gasteiger partial charge is 0.295 e. The van der Waals surface area contributed by atoms with Crippen LogP contribution < -0.4 is 4.57 Å². The fourth-order valence-corrected chi connectivity index (χ4v) is 4.68. The van der Waals surface area contributed by atoms with E-state index in [0.717, 1.165) is 0 Å². The monoisotopic (exact) mass is 403 g/mol. The van der Waals surface area contributed by atoms with Gasteiger partial charge < -0.3 is 0 Å². The standard InChI is InChI=1S/C29H27N2/c1-20-11-8-9-16-25(20)29-30(4)26-18-17-24(23-14-6-5-7-15-23)19-27(26)31(29)28-21(2)12-10-13-22(28)3/h5-19H,1-4H3/q+1. The predicted molar refractivity (Wildman–Crippen MR) is 130 cm³/mol. The second-order valence-electron chi connectivity index (χ2n) is 8.34. The number of benzene rings is 4. The van der Waals surface area contributed by atoms with E-state index in [0.29, 0.717) is 0 Å². The third-order valence-electron chi connectivity index (χ3n) is 6.26. The molecule has 0 aliphatic heterocycles. The van der Waals surface area contributed by atoms with Gasteiger partial charge in [0.05, 0.1) is 12.6 Å². The quantitative estimate of drug-likeness (QED) is 0.296. The van der Waals surface area contributed by atoms with Gasteiger partial charge in [-0.05, 0) is 72.9 Å². The molecule has 0 saturated heterocycles. The smallest absolute Gasteiger partial charge is 0.225 e. The molecule has 0 aliphatic rings. The number of nitrogens with zero attached hydrogens (tertiary/aromatic N) is 2. The summed E-state index contributed by atoms with van der Waals surface area (Å²) in [6.45, 7) is 6.60. The molecule has 0 amide bonds. The molecule has 0 N–H and O–H groups in total. The minimum absolute atomic E-state index is 1.20. The van der Waals surface area contributed by atoms with E-state index in [2.05, 4.69) is 128 Å². The minimum atomic E-state index is 1.20. The van der Waals surface area contributed by atoms with Crippen LogP contribution in [0.3, 0.4) is 0 Å². The van der Waals surface area contributed by atoms with Gasteiger partial charge in [0.2, 0.25) is 0 Å². The summed E-state index contributed by atoms with van der Waals surface area (Å²) in [5.74, 6) is 1.20. The number of aryl methyl sites for hydroxylation is 4. The number of hydrogen-bond donors (Lipinski definition) is 0. The Morgan fingerprint density at radius 3 is 1.97 bits per heavy atom. The first-order valence-corrected chi connectivity index (χ1v) is 10.8. The van der Waals surface area contributed by atoms with Crippen LogP contribution in [-0.2, 0) is 7.05 Å². The Kier molecular flexibility index (Phi) is 4.71. The van der Waals surface area contributed by atoms with Gasteiger partial charge in [-0.2, -0.15) is 4.57 Å².